The van der Waals surface area contributed by atoms with Crippen molar-refractivity contribution in [3.8, 4) is 6.07 Å². The van der Waals surface area contributed by atoms with Crippen molar-refractivity contribution in [2.75, 3.05) is 6.54 Å². The first-order valence-corrected chi connectivity index (χ1v) is 10.6. The van der Waals surface area contributed by atoms with E-state index in [2.05, 4.69) is 6.07 Å². The summed E-state index contributed by atoms with van der Waals surface area (Å²) in [5.74, 6) is -0.235. The van der Waals surface area contributed by atoms with Gasteiger partial charge in [0.05, 0.1) is 24.3 Å². The minimum Gasteiger partial charge on any atom is -0.393 e. The third kappa shape index (κ3) is 2.84. The fourth-order valence-corrected chi connectivity index (χ4v) is 5.85. The standard InChI is InChI=1S/C23H29FN4O2/c1-4-15-10-22(8-7-18(15)29)11-16-6-5-14(12-25)9-17(16)23(22)19(30)28(20(26)27-23)13-21(2,3)24/h5-6,9,15,18,29H,4,7-8,10-11,13H2,1-3H3,(H2,26,27). The lowest BCUT2D eigenvalue weighted by Crippen LogP contribution is -2.55. The van der Waals surface area contributed by atoms with Gasteiger partial charge in [-0.2, -0.15) is 5.26 Å². The van der Waals surface area contributed by atoms with Crippen molar-refractivity contribution in [2.24, 2.45) is 22.1 Å². The lowest BCUT2D eigenvalue weighted by Gasteiger charge is -2.47. The molecule has 4 atom stereocenters. The normalized spacial score (nSPS) is 33.1. The van der Waals surface area contributed by atoms with Gasteiger partial charge in [-0.1, -0.05) is 19.4 Å². The molecule has 30 heavy (non-hydrogen) atoms. The predicted molar refractivity (Wildman–Crippen MR) is 111 cm³/mol. The smallest absolute Gasteiger partial charge is 0.262 e. The van der Waals surface area contributed by atoms with Gasteiger partial charge in [0.25, 0.3) is 5.91 Å². The van der Waals surface area contributed by atoms with Crippen LogP contribution in [0, 0.1) is 22.7 Å². The maximum absolute atomic E-state index is 14.5. The fraction of sp³-hybridized carbons (Fsp3) is 0.609. The molecule has 1 heterocycles. The Labute approximate surface area is 176 Å². The van der Waals surface area contributed by atoms with E-state index in [4.69, 9.17) is 10.7 Å². The van der Waals surface area contributed by atoms with E-state index in [-0.39, 0.29) is 24.3 Å². The van der Waals surface area contributed by atoms with E-state index in [0.717, 1.165) is 12.0 Å². The number of aliphatic imine (C=N–C) groups is 1. The van der Waals surface area contributed by atoms with Crippen LogP contribution in [0.2, 0.25) is 0 Å². The zero-order valence-electron chi connectivity index (χ0n) is 17.8. The second kappa shape index (κ2) is 6.78. The van der Waals surface area contributed by atoms with Crippen LogP contribution >= 0.6 is 0 Å². The minimum atomic E-state index is -1.63. The Morgan fingerprint density at radius 2 is 2.20 bits per heavy atom. The van der Waals surface area contributed by atoms with Gasteiger partial charge in [-0.25, -0.2) is 9.38 Å². The van der Waals surface area contributed by atoms with Gasteiger partial charge in [0.1, 0.15) is 5.67 Å². The monoisotopic (exact) mass is 412 g/mol. The number of guanidine groups is 1. The zero-order chi connectivity index (χ0) is 21.9. The molecule has 4 rings (SSSR count). The SMILES string of the molecule is CCC1CC2(CCC1O)Cc1ccc(C#N)cc1C21N=C(N)N(CC(C)(C)F)C1=O. The number of hydrogen-bond donors (Lipinski definition) is 2. The molecule has 160 valence electrons. The molecule has 4 unspecified atom stereocenters. The lowest BCUT2D eigenvalue weighted by atomic mass is 9.58. The van der Waals surface area contributed by atoms with E-state index in [1.807, 2.05) is 13.0 Å². The fourth-order valence-electron chi connectivity index (χ4n) is 5.85. The van der Waals surface area contributed by atoms with Crippen LogP contribution < -0.4 is 5.73 Å². The molecule has 2 spiro atoms. The van der Waals surface area contributed by atoms with Crippen LogP contribution in [0.3, 0.4) is 0 Å². The van der Waals surface area contributed by atoms with Gasteiger partial charge in [0.15, 0.2) is 11.5 Å². The number of benzene rings is 1. The van der Waals surface area contributed by atoms with Crippen molar-refractivity contribution < 1.29 is 14.3 Å². The Kier molecular flexibility index (Phi) is 4.70. The number of nitrogens with zero attached hydrogens (tertiary/aromatic N) is 3. The first-order chi connectivity index (χ1) is 14.1. The molecule has 1 saturated carbocycles. The van der Waals surface area contributed by atoms with Crippen LogP contribution in [0.1, 0.15) is 63.1 Å². The van der Waals surface area contributed by atoms with E-state index in [0.29, 0.717) is 36.8 Å². The summed E-state index contributed by atoms with van der Waals surface area (Å²) in [6.07, 6.45) is 2.86. The van der Waals surface area contributed by atoms with Crippen molar-refractivity contribution in [3.63, 3.8) is 0 Å². The van der Waals surface area contributed by atoms with Crippen LogP contribution in [-0.4, -0.2) is 40.2 Å². The van der Waals surface area contributed by atoms with Gasteiger partial charge >= 0.3 is 0 Å². The number of nitrogens with two attached hydrogens (primary N) is 1. The number of fused-ring (bicyclic) bond motifs is 3. The summed E-state index contributed by atoms with van der Waals surface area (Å²) < 4.78 is 14.5. The first-order valence-electron chi connectivity index (χ1n) is 10.6. The Morgan fingerprint density at radius 3 is 2.83 bits per heavy atom. The Bertz CT molecular complexity index is 963. The summed E-state index contributed by atoms with van der Waals surface area (Å²) in [7, 11) is 0. The molecule has 1 aliphatic heterocycles. The zero-order valence-corrected chi connectivity index (χ0v) is 17.8. The van der Waals surface area contributed by atoms with Crippen molar-refractivity contribution in [1.82, 2.24) is 4.90 Å². The number of aliphatic hydroxyl groups is 1. The number of rotatable bonds is 3. The highest BCUT2D eigenvalue weighted by Gasteiger charge is 2.67. The number of hydrogen-bond acceptors (Lipinski definition) is 5. The summed E-state index contributed by atoms with van der Waals surface area (Å²) >= 11 is 0. The van der Waals surface area contributed by atoms with Crippen LogP contribution in [0.15, 0.2) is 23.2 Å². The molecule has 0 radical (unpaired) electrons. The molecule has 3 N–H and O–H groups in total. The average molecular weight is 413 g/mol. The molecule has 6 nitrogen and oxygen atoms in total. The van der Waals surface area contributed by atoms with Crippen LogP contribution in [0.4, 0.5) is 4.39 Å². The number of nitriles is 1. The molecule has 1 aromatic rings. The predicted octanol–water partition coefficient (Wildman–Crippen LogP) is 2.77. The molecule has 7 heteroatoms. The molecule has 2 aliphatic carbocycles. The number of alkyl halides is 1. The summed E-state index contributed by atoms with van der Waals surface area (Å²) in [5, 5.41) is 20.0. The molecule has 0 bridgehead atoms. The van der Waals surface area contributed by atoms with Crippen molar-refractivity contribution in [3.05, 3.63) is 34.9 Å². The van der Waals surface area contributed by atoms with Gasteiger partial charge in [0, 0.05) is 5.41 Å². The number of amides is 1. The van der Waals surface area contributed by atoms with E-state index in [9.17, 15) is 19.6 Å². The van der Waals surface area contributed by atoms with Crippen LogP contribution in [-0.2, 0) is 16.8 Å². The van der Waals surface area contributed by atoms with Gasteiger partial charge < -0.3 is 10.8 Å². The van der Waals surface area contributed by atoms with E-state index in [1.165, 1.54) is 18.7 Å². The molecule has 1 fully saturated rings. The average Bonchev–Trinajstić information content (AvgIpc) is 3.09. The summed E-state index contributed by atoms with van der Waals surface area (Å²) in [5.41, 5.74) is 4.93. The number of carbonyl (C=O) groups excluding carboxylic acids is 1. The Morgan fingerprint density at radius 1 is 1.47 bits per heavy atom. The van der Waals surface area contributed by atoms with Gasteiger partial charge in [-0.3, -0.25) is 9.69 Å². The Balaban J connectivity index is 1.90. The second-order valence-electron chi connectivity index (χ2n) is 9.71. The largest absolute Gasteiger partial charge is 0.393 e. The van der Waals surface area contributed by atoms with E-state index >= 15 is 0 Å². The lowest BCUT2D eigenvalue weighted by molar-refractivity contribution is -0.140. The molecule has 0 aromatic heterocycles. The molecule has 0 saturated heterocycles. The summed E-state index contributed by atoms with van der Waals surface area (Å²) in [6.45, 7) is 4.69. The van der Waals surface area contributed by atoms with Gasteiger partial charge in [0.2, 0.25) is 0 Å². The van der Waals surface area contributed by atoms with Gasteiger partial charge in [-0.15, -0.1) is 0 Å². The molecule has 1 aromatic carbocycles. The summed E-state index contributed by atoms with van der Waals surface area (Å²) in [6, 6.07) is 7.56. The van der Waals surface area contributed by atoms with E-state index in [1.54, 1.807) is 12.1 Å². The highest BCUT2D eigenvalue weighted by Crippen LogP contribution is 2.63. The first kappa shape index (κ1) is 20.8. The van der Waals surface area contributed by atoms with Crippen molar-refractivity contribution in [1.29, 1.82) is 5.26 Å². The molecular weight excluding hydrogens is 383 g/mol. The Hall–Kier alpha value is -2.46. The minimum absolute atomic E-state index is 0.0273. The van der Waals surface area contributed by atoms with E-state index < -0.39 is 22.7 Å². The van der Waals surface area contributed by atoms with Crippen molar-refractivity contribution in [2.45, 2.75) is 70.2 Å². The third-order valence-electron chi connectivity index (χ3n) is 7.21. The second-order valence-corrected chi connectivity index (χ2v) is 9.71. The number of carbonyl (C=O) groups is 1. The highest BCUT2D eigenvalue weighted by molar-refractivity contribution is 6.08. The van der Waals surface area contributed by atoms with Crippen molar-refractivity contribution >= 4 is 11.9 Å². The topological polar surface area (TPSA) is 103 Å². The molecule has 3 aliphatic rings. The maximum Gasteiger partial charge on any atom is 0.262 e. The maximum atomic E-state index is 14.5. The van der Waals surface area contributed by atoms with Crippen LogP contribution in [0.25, 0.3) is 0 Å². The molecular formula is C23H29FN4O2. The number of aliphatic hydroxyl groups excluding tert-OH is 1. The quantitative estimate of drug-likeness (QED) is 0.797. The number of halogens is 1. The third-order valence-corrected chi connectivity index (χ3v) is 7.21. The molecule has 1 amide bonds. The highest BCUT2D eigenvalue weighted by atomic mass is 19.1. The summed E-state index contributed by atoms with van der Waals surface area (Å²) in [4.78, 5) is 20.0. The van der Waals surface area contributed by atoms with Crippen LogP contribution in [0.5, 0.6) is 0 Å². The van der Waals surface area contributed by atoms with Gasteiger partial charge in [-0.05, 0) is 68.7 Å².